The molecule has 0 amide bonds. The highest BCUT2D eigenvalue weighted by Crippen LogP contribution is 2.21. The van der Waals surface area contributed by atoms with Gasteiger partial charge in [0.1, 0.15) is 12.0 Å². The Balaban J connectivity index is 1.94. The third-order valence-electron chi connectivity index (χ3n) is 4.34. The zero-order valence-electron chi connectivity index (χ0n) is 14.4. The predicted octanol–water partition coefficient (Wildman–Crippen LogP) is 2.69. The van der Waals surface area contributed by atoms with Crippen molar-refractivity contribution in [2.24, 2.45) is 5.73 Å². The van der Waals surface area contributed by atoms with Crippen LogP contribution < -0.4 is 5.73 Å². The maximum Gasteiger partial charge on any atom is 0.194 e. The molecule has 0 aliphatic carbocycles. The van der Waals surface area contributed by atoms with E-state index < -0.39 is 5.54 Å². The highest BCUT2D eigenvalue weighted by atomic mass is 16.3. The Hall–Kier alpha value is -1.69. The Morgan fingerprint density at radius 1 is 1.08 bits per heavy atom. The molecule has 24 heavy (non-hydrogen) atoms. The molecule has 1 aromatic carbocycles. The molecule has 0 bridgehead atoms. The molecular weight excluding hydrogens is 304 g/mol. The molecule has 132 valence electrons. The zero-order chi connectivity index (χ0) is 17.4. The molecule has 0 atom stereocenters. The lowest BCUT2D eigenvalue weighted by Gasteiger charge is -2.24. The molecular formula is C19H28N2O3. The average Bonchev–Trinajstić information content (AvgIpc) is 3.09. The van der Waals surface area contributed by atoms with Crippen molar-refractivity contribution >= 4 is 0 Å². The summed E-state index contributed by atoms with van der Waals surface area (Å²) in [7, 11) is 0. The number of hydrogen-bond acceptors (Lipinski definition) is 5. The van der Waals surface area contributed by atoms with E-state index in [1.54, 1.807) is 6.26 Å². The van der Waals surface area contributed by atoms with Crippen molar-refractivity contribution in [1.82, 2.24) is 4.98 Å². The van der Waals surface area contributed by atoms with Gasteiger partial charge in [-0.3, -0.25) is 0 Å². The smallest absolute Gasteiger partial charge is 0.194 e. The van der Waals surface area contributed by atoms with Crippen LogP contribution in [0.5, 0.6) is 0 Å². The topological polar surface area (TPSA) is 92.5 Å². The molecule has 5 nitrogen and oxygen atoms in total. The lowest BCUT2D eigenvalue weighted by atomic mass is 9.93. The first-order valence-corrected chi connectivity index (χ1v) is 8.64. The van der Waals surface area contributed by atoms with Crippen molar-refractivity contribution in [2.75, 3.05) is 13.2 Å². The lowest BCUT2D eigenvalue weighted by Crippen LogP contribution is -2.47. The van der Waals surface area contributed by atoms with Crippen molar-refractivity contribution in [1.29, 1.82) is 0 Å². The minimum Gasteiger partial charge on any atom is -0.448 e. The number of aromatic nitrogens is 1. The number of hydrogen-bond donors (Lipinski definition) is 3. The number of nitrogens with zero attached hydrogens (tertiary/aromatic N) is 1. The van der Waals surface area contributed by atoms with Crippen LogP contribution in [0.15, 0.2) is 34.9 Å². The molecule has 2 aromatic rings. The van der Waals surface area contributed by atoms with E-state index in [4.69, 9.17) is 10.2 Å². The fourth-order valence-corrected chi connectivity index (χ4v) is 2.53. The SMILES string of the molecule is CCCCCc1nc(-c2ccc(CCC(N)(CO)CO)cc2)co1. The van der Waals surface area contributed by atoms with E-state index in [-0.39, 0.29) is 13.2 Å². The first-order valence-electron chi connectivity index (χ1n) is 8.64. The van der Waals surface area contributed by atoms with Gasteiger partial charge < -0.3 is 20.4 Å². The molecule has 0 saturated carbocycles. The van der Waals surface area contributed by atoms with Crippen LogP contribution in [0.2, 0.25) is 0 Å². The van der Waals surface area contributed by atoms with Gasteiger partial charge in [-0.05, 0) is 24.8 Å². The molecule has 0 saturated heterocycles. The van der Waals surface area contributed by atoms with E-state index in [0.717, 1.165) is 35.6 Å². The molecule has 2 rings (SSSR count). The van der Waals surface area contributed by atoms with Crippen LogP contribution in [0.3, 0.4) is 0 Å². The van der Waals surface area contributed by atoms with Gasteiger partial charge in [-0.25, -0.2) is 4.98 Å². The first kappa shape index (κ1) is 18.6. The van der Waals surface area contributed by atoms with E-state index in [0.29, 0.717) is 12.8 Å². The second-order valence-corrected chi connectivity index (χ2v) is 6.46. The van der Waals surface area contributed by atoms with Crippen molar-refractivity contribution < 1.29 is 14.6 Å². The summed E-state index contributed by atoms with van der Waals surface area (Å²) >= 11 is 0. The number of oxazole rings is 1. The molecule has 0 aliphatic heterocycles. The number of nitrogens with two attached hydrogens (primary N) is 1. The Morgan fingerprint density at radius 2 is 1.79 bits per heavy atom. The summed E-state index contributed by atoms with van der Waals surface area (Å²) in [6.07, 6.45) is 7.31. The summed E-state index contributed by atoms with van der Waals surface area (Å²) in [6, 6.07) is 8.07. The number of benzene rings is 1. The van der Waals surface area contributed by atoms with Crippen LogP contribution in [0.4, 0.5) is 0 Å². The van der Waals surface area contributed by atoms with E-state index >= 15 is 0 Å². The third-order valence-corrected chi connectivity index (χ3v) is 4.34. The summed E-state index contributed by atoms with van der Waals surface area (Å²) in [4.78, 5) is 4.54. The van der Waals surface area contributed by atoms with Gasteiger partial charge in [-0.1, -0.05) is 44.0 Å². The maximum atomic E-state index is 9.23. The van der Waals surface area contributed by atoms with Gasteiger partial charge in [0.05, 0.1) is 18.8 Å². The van der Waals surface area contributed by atoms with E-state index in [9.17, 15) is 10.2 Å². The van der Waals surface area contributed by atoms with Gasteiger partial charge in [0.2, 0.25) is 0 Å². The summed E-state index contributed by atoms with van der Waals surface area (Å²) < 4.78 is 5.53. The van der Waals surface area contributed by atoms with Crippen LogP contribution >= 0.6 is 0 Å². The van der Waals surface area contributed by atoms with Crippen molar-refractivity contribution in [3.63, 3.8) is 0 Å². The number of aliphatic hydroxyl groups excluding tert-OH is 2. The Morgan fingerprint density at radius 3 is 2.42 bits per heavy atom. The highest BCUT2D eigenvalue weighted by molar-refractivity contribution is 5.58. The summed E-state index contributed by atoms with van der Waals surface area (Å²) in [5.74, 6) is 0.793. The molecule has 0 aliphatic rings. The Kier molecular flexibility index (Phi) is 6.97. The fraction of sp³-hybridized carbons (Fsp3) is 0.526. The second-order valence-electron chi connectivity index (χ2n) is 6.46. The quantitative estimate of drug-likeness (QED) is 0.582. The number of aryl methyl sites for hydroxylation is 2. The van der Waals surface area contributed by atoms with Gasteiger partial charge in [0.25, 0.3) is 0 Å². The predicted molar refractivity (Wildman–Crippen MR) is 94.6 cm³/mol. The fourth-order valence-electron chi connectivity index (χ4n) is 2.53. The molecule has 0 radical (unpaired) electrons. The van der Waals surface area contributed by atoms with Gasteiger partial charge >= 0.3 is 0 Å². The maximum absolute atomic E-state index is 9.23. The monoisotopic (exact) mass is 332 g/mol. The first-order chi connectivity index (χ1) is 11.6. The molecule has 0 spiro atoms. The van der Waals surface area contributed by atoms with Gasteiger partial charge in [-0.15, -0.1) is 0 Å². The largest absolute Gasteiger partial charge is 0.448 e. The van der Waals surface area contributed by atoms with Crippen molar-refractivity contribution in [2.45, 2.75) is 51.0 Å². The summed E-state index contributed by atoms with van der Waals surface area (Å²) in [6.45, 7) is 1.74. The normalized spacial score (nSPS) is 11.8. The van der Waals surface area contributed by atoms with Gasteiger partial charge in [0.15, 0.2) is 5.89 Å². The van der Waals surface area contributed by atoms with Crippen molar-refractivity contribution in [3.05, 3.63) is 42.0 Å². The minimum absolute atomic E-state index is 0.221. The Bertz CT molecular complexity index is 603. The molecule has 0 unspecified atom stereocenters. The third kappa shape index (κ3) is 5.16. The molecule has 1 heterocycles. The van der Waals surface area contributed by atoms with Crippen LogP contribution in [-0.4, -0.2) is 33.9 Å². The zero-order valence-corrected chi connectivity index (χ0v) is 14.4. The van der Waals surface area contributed by atoms with Crippen LogP contribution in [0.1, 0.15) is 44.1 Å². The lowest BCUT2D eigenvalue weighted by molar-refractivity contribution is 0.115. The minimum atomic E-state index is -0.918. The van der Waals surface area contributed by atoms with Crippen LogP contribution in [-0.2, 0) is 12.8 Å². The number of rotatable bonds is 10. The molecule has 0 fully saturated rings. The van der Waals surface area contributed by atoms with E-state index in [2.05, 4.69) is 11.9 Å². The molecule has 1 aromatic heterocycles. The Labute approximate surface area is 143 Å². The van der Waals surface area contributed by atoms with Gasteiger partial charge in [0, 0.05) is 12.0 Å². The molecule has 5 heteroatoms. The van der Waals surface area contributed by atoms with Crippen LogP contribution in [0.25, 0.3) is 11.3 Å². The van der Waals surface area contributed by atoms with Gasteiger partial charge in [-0.2, -0.15) is 0 Å². The van der Waals surface area contributed by atoms with E-state index in [1.807, 2.05) is 24.3 Å². The highest BCUT2D eigenvalue weighted by Gasteiger charge is 2.22. The standard InChI is InChI=1S/C19H28N2O3/c1-2-3-4-5-18-21-17(12-24-18)16-8-6-15(7-9-16)10-11-19(20,13-22)14-23/h6-9,12,22-23H,2-5,10-11,13-14,20H2,1H3. The second kappa shape index (κ2) is 8.97. The van der Waals surface area contributed by atoms with Crippen LogP contribution in [0, 0.1) is 0 Å². The number of aliphatic hydroxyl groups is 2. The van der Waals surface area contributed by atoms with Crippen molar-refractivity contribution in [3.8, 4) is 11.3 Å². The van der Waals surface area contributed by atoms with E-state index in [1.165, 1.54) is 12.8 Å². The molecule has 4 N–H and O–H groups in total. The average molecular weight is 332 g/mol. The summed E-state index contributed by atoms with van der Waals surface area (Å²) in [5, 5.41) is 18.5. The summed E-state index contributed by atoms with van der Waals surface area (Å²) in [5.41, 5.74) is 7.96. The number of unbranched alkanes of at least 4 members (excludes halogenated alkanes) is 2.